The van der Waals surface area contributed by atoms with Crippen molar-refractivity contribution in [1.29, 1.82) is 0 Å². The lowest BCUT2D eigenvalue weighted by Crippen LogP contribution is -2.40. The number of aliphatic imine (C=N–C) groups is 1. The van der Waals surface area contributed by atoms with E-state index in [1.807, 2.05) is 54.3 Å². The molecular weight excluding hydrogens is 386 g/mol. The van der Waals surface area contributed by atoms with Gasteiger partial charge in [-0.1, -0.05) is 48.5 Å². The summed E-state index contributed by atoms with van der Waals surface area (Å²) in [5.74, 6) is 2.37. The lowest BCUT2D eigenvalue weighted by molar-refractivity contribution is 0.328. The van der Waals surface area contributed by atoms with Crippen molar-refractivity contribution in [3.63, 3.8) is 0 Å². The van der Waals surface area contributed by atoms with Gasteiger partial charge in [-0.3, -0.25) is 4.68 Å². The van der Waals surface area contributed by atoms with Crippen LogP contribution >= 0.6 is 0 Å². The maximum atomic E-state index is 6.11. The first-order valence-corrected chi connectivity index (χ1v) is 11.0. The summed E-state index contributed by atoms with van der Waals surface area (Å²) in [5.41, 5.74) is 3.58. The molecule has 31 heavy (non-hydrogen) atoms. The Morgan fingerprint density at radius 2 is 1.97 bits per heavy atom. The Bertz CT molecular complexity index is 998. The molecule has 1 unspecified atom stereocenters. The number of benzene rings is 2. The normalized spacial score (nSPS) is 16.5. The van der Waals surface area contributed by atoms with Crippen LogP contribution in [0, 0.1) is 0 Å². The molecule has 1 aliphatic rings. The second-order valence-corrected chi connectivity index (χ2v) is 7.83. The molecule has 0 bridgehead atoms. The van der Waals surface area contributed by atoms with Gasteiger partial charge in [-0.05, 0) is 30.5 Å². The molecule has 1 fully saturated rings. The molecule has 4 rings (SSSR count). The maximum absolute atomic E-state index is 6.11. The first kappa shape index (κ1) is 21.0. The van der Waals surface area contributed by atoms with Crippen LogP contribution in [0.25, 0.3) is 11.1 Å². The molecule has 1 saturated heterocycles. The van der Waals surface area contributed by atoms with Gasteiger partial charge in [-0.15, -0.1) is 0 Å². The largest absolute Gasteiger partial charge is 0.491 e. The Morgan fingerprint density at radius 3 is 2.74 bits per heavy atom. The smallest absolute Gasteiger partial charge is 0.194 e. The summed E-state index contributed by atoms with van der Waals surface area (Å²) in [6.07, 6.45) is 5.23. The number of rotatable bonds is 7. The molecule has 3 aromatic rings. The topological polar surface area (TPSA) is 54.7 Å². The van der Waals surface area contributed by atoms with Crippen LogP contribution in [0.15, 0.2) is 72.0 Å². The molecule has 2 aromatic carbocycles. The van der Waals surface area contributed by atoms with E-state index in [-0.39, 0.29) is 0 Å². The highest BCUT2D eigenvalue weighted by Gasteiger charge is 2.26. The van der Waals surface area contributed by atoms with Gasteiger partial charge in [0.1, 0.15) is 12.4 Å². The zero-order valence-corrected chi connectivity index (χ0v) is 18.4. The first-order valence-electron chi connectivity index (χ1n) is 11.0. The Hall–Kier alpha value is -3.28. The first-order chi connectivity index (χ1) is 15.2. The third-order valence-corrected chi connectivity index (χ3v) is 5.60. The minimum absolute atomic E-state index is 0.506. The van der Waals surface area contributed by atoms with Crippen LogP contribution in [-0.4, -0.2) is 53.4 Å². The van der Waals surface area contributed by atoms with Crippen molar-refractivity contribution >= 4 is 5.96 Å². The number of guanidine groups is 1. The van der Waals surface area contributed by atoms with Crippen molar-refractivity contribution in [2.45, 2.75) is 19.3 Å². The summed E-state index contributed by atoms with van der Waals surface area (Å²) in [4.78, 5) is 7.18. The van der Waals surface area contributed by atoms with Gasteiger partial charge in [-0.25, -0.2) is 4.99 Å². The highest BCUT2D eigenvalue weighted by molar-refractivity contribution is 5.80. The number of hydrogen-bond acceptors (Lipinski definition) is 3. The second-order valence-electron chi connectivity index (χ2n) is 7.83. The lowest BCUT2D eigenvalue weighted by Gasteiger charge is -2.21. The Kier molecular flexibility index (Phi) is 6.87. The molecule has 0 aliphatic carbocycles. The predicted molar refractivity (Wildman–Crippen MR) is 125 cm³/mol. The summed E-state index contributed by atoms with van der Waals surface area (Å²) in [6.45, 7) is 6.08. The van der Waals surface area contributed by atoms with Gasteiger partial charge in [0.25, 0.3) is 0 Å². The van der Waals surface area contributed by atoms with Gasteiger partial charge in [-0.2, -0.15) is 5.10 Å². The van der Waals surface area contributed by atoms with Gasteiger partial charge in [0, 0.05) is 44.4 Å². The molecule has 0 radical (unpaired) electrons. The van der Waals surface area contributed by atoms with E-state index in [1.165, 1.54) is 5.56 Å². The second kappa shape index (κ2) is 10.2. The fourth-order valence-corrected chi connectivity index (χ4v) is 4.06. The van der Waals surface area contributed by atoms with Crippen molar-refractivity contribution in [3.8, 4) is 16.9 Å². The minimum atomic E-state index is 0.506. The summed E-state index contributed by atoms with van der Waals surface area (Å²) in [5, 5.41) is 7.76. The molecule has 0 saturated carbocycles. The fraction of sp³-hybridized carbons (Fsp3) is 0.360. The van der Waals surface area contributed by atoms with E-state index < -0.39 is 0 Å². The number of aryl methyl sites for hydroxylation is 1. The molecule has 1 atom stereocenters. The van der Waals surface area contributed by atoms with Crippen molar-refractivity contribution in [1.82, 2.24) is 20.0 Å². The van der Waals surface area contributed by atoms with Crippen LogP contribution in [0.3, 0.4) is 0 Å². The Morgan fingerprint density at radius 1 is 1.16 bits per heavy atom. The summed E-state index contributed by atoms with van der Waals surface area (Å²) in [7, 11) is 1.97. The monoisotopic (exact) mass is 417 g/mol. The standard InChI is InChI=1S/C25H31N5O/c1-3-26-25(30-15-13-21(19-30)22-17-28-29(2)18-22)27-14-16-31-24-12-8-7-11-23(24)20-9-5-4-6-10-20/h4-12,17-18,21H,3,13-16,19H2,1-2H3,(H,26,27). The van der Waals surface area contributed by atoms with E-state index >= 15 is 0 Å². The highest BCUT2D eigenvalue weighted by Crippen LogP contribution is 2.29. The van der Waals surface area contributed by atoms with Gasteiger partial charge >= 0.3 is 0 Å². The van der Waals surface area contributed by atoms with Crippen molar-refractivity contribution in [2.75, 3.05) is 32.8 Å². The summed E-state index contributed by atoms with van der Waals surface area (Å²) < 4.78 is 7.99. The van der Waals surface area contributed by atoms with Crippen LogP contribution in [0.4, 0.5) is 0 Å². The molecule has 0 amide bonds. The van der Waals surface area contributed by atoms with E-state index in [0.717, 1.165) is 48.9 Å². The zero-order valence-electron chi connectivity index (χ0n) is 18.4. The van der Waals surface area contributed by atoms with E-state index in [2.05, 4.69) is 46.6 Å². The van der Waals surface area contributed by atoms with Gasteiger partial charge in [0.05, 0.1) is 12.7 Å². The molecule has 2 heterocycles. The van der Waals surface area contributed by atoms with Crippen molar-refractivity contribution < 1.29 is 4.74 Å². The van der Waals surface area contributed by atoms with E-state index in [1.54, 1.807) is 0 Å². The summed E-state index contributed by atoms with van der Waals surface area (Å²) in [6, 6.07) is 18.5. The average Bonchev–Trinajstić information content (AvgIpc) is 3.46. The quantitative estimate of drug-likeness (QED) is 0.360. The third kappa shape index (κ3) is 5.26. The third-order valence-electron chi connectivity index (χ3n) is 5.60. The molecule has 1 aliphatic heterocycles. The van der Waals surface area contributed by atoms with E-state index in [0.29, 0.717) is 19.1 Å². The molecule has 1 aromatic heterocycles. The number of ether oxygens (including phenoxy) is 1. The molecule has 6 nitrogen and oxygen atoms in total. The van der Waals surface area contributed by atoms with Crippen molar-refractivity contribution in [3.05, 3.63) is 72.6 Å². The van der Waals surface area contributed by atoms with Crippen LogP contribution in [0.2, 0.25) is 0 Å². The van der Waals surface area contributed by atoms with Gasteiger partial charge in [0.15, 0.2) is 5.96 Å². The molecule has 162 valence electrons. The minimum Gasteiger partial charge on any atom is -0.491 e. The zero-order chi connectivity index (χ0) is 21.5. The highest BCUT2D eigenvalue weighted by atomic mass is 16.5. The van der Waals surface area contributed by atoms with Gasteiger partial charge in [0.2, 0.25) is 0 Å². The SMILES string of the molecule is CCNC(=NCCOc1ccccc1-c1ccccc1)N1CCC(c2cnn(C)c2)C1. The van der Waals surface area contributed by atoms with Crippen molar-refractivity contribution in [2.24, 2.45) is 12.0 Å². The molecular formula is C25H31N5O. The van der Waals surface area contributed by atoms with Gasteiger partial charge < -0.3 is 15.0 Å². The number of likely N-dealkylation sites (tertiary alicyclic amines) is 1. The number of para-hydroxylation sites is 1. The summed E-state index contributed by atoms with van der Waals surface area (Å²) >= 11 is 0. The molecule has 1 N–H and O–H groups in total. The van der Waals surface area contributed by atoms with E-state index in [9.17, 15) is 0 Å². The Balaban J connectivity index is 1.36. The fourth-order valence-electron chi connectivity index (χ4n) is 4.06. The number of nitrogens with one attached hydrogen (secondary N) is 1. The Labute approximate surface area is 184 Å². The number of hydrogen-bond donors (Lipinski definition) is 1. The predicted octanol–water partition coefficient (Wildman–Crippen LogP) is 3.92. The molecule has 6 heteroatoms. The number of nitrogens with zero attached hydrogens (tertiary/aromatic N) is 4. The van der Waals surface area contributed by atoms with Crippen LogP contribution in [0.1, 0.15) is 24.8 Å². The lowest BCUT2D eigenvalue weighted by atomic mass is 10.0. The molecule has 0 spiro atoms. The average molecular weight is 418 g/mol. The van der Waals surface area contributed by atoms with Crippen LogP contribution in [-0.2, 0) is 7.05 Å². The maximum Gasteiger partial charge on any atom is 0.194 e. The van der Waals surface area contributed by atoms with Crippen LogP contribution < -0.4 is 10.1 Å². The number of aromatic nitrogens is 2. The van der Waals surface area contributed by atoms with Crippen LogP contribution in [0.5, 0.6) is 5.75 Å². The van der Waals surface area contributed by atoms with E-state index in [4.69, 9.17) is 9.73 Å².